The second-order valence-corrected chi connectivity index (χ2v) is 8.95. The van der Waals surface area contributed by atoms with Crippen molar-refractivity contribution in [2.45, 2.75) is 59.2 Å². The van der Waals surface area contributed by atoms with E-state index in [1.165, 1.54) is 12.1 Å². The van der Waals surface area contributed by atoms with Gasteiger partial charge >= 0.3 is 0 Å². The maximum atomic E-state index is 13.3. The van der Waals surface area contributed by atoms with Crippen LogP contribution < -0.4 is 10.1 Å². The Bertz CT molecular complexity index is 1030. The number of carbonyl (C=O) groups is 1. The smallest absolute Gasteiger partial charge is 0.269 e. The molecule has 0 saturated heterocycles. The van der Waals surface area contributed by atoms with Gasteiger partial charge in [0.2, 0.25) is 0 Å². The fraction of sp³-hybridized carbons (Fsp3) is 0.360. The molecule has 31 heavy (non-hydrogen) atoms. The molecule has 0 aliphatic carbocycles. The van der Waals surface area contributed by atoms with Gasteiger partial charge in [0.1, 0.15) is 17.3 Å². The van der Waals surface area contributed by atoms with Crippen molar-refractivity contribution in [3.05, 3.63) is 82.9 Å². The van der Waals surface area contributed by atoms with Crippen LogP contribution in [0.15, 0.2) is 54.6 Å². The second-order valence-electron chi connectivity index (χ2n) is 8.95. The monoisotopic (exact) mass is 423 g/mol. The third kappa shape index (κ3) is 6.17. The Morgan fingerprint density at radius 3 is 2.45 bits per heavy atom. The number of amides is 1. The summed E-state index contributed by atoms with van der Waals surface area (Å²) >= 11 is 0. The van der Waals surface area contributed by atoms with Gasteiger partial charge < -0.3 is 10.1 Å². The Labute approximate surface area is 183 Å². The van der Waals surface area contributed by atoms with Crippen molar-refractivity contribution < 1.29 is 13.9 Å². The summed E-state index contributed by atoms with van der Waals surface area (Å²) in [5, 5.41) is 7.64. The number of rotatable bonds is 7. The molecule has 164 valence electrons. The molecule has 3 aromatic rings. The molecule has 0 spiro atoms. The fourth-order valence-electron chi connectivity index (χ4n) is 3.12. The molecule has 0 saturated carbocycles. The molecule has 0 aliphatic rings. The molecule has 1 aromatic heterocycles. The van der Waals surface area contributed by atoms with Crippen molar-refractivity contribution in [3.63, 3.8) is 0 Å². The molecule has 0 aliphatic heterocycles. The highest BCUT2D eigenvalue weighted by Gasteiger charge is 2.23. The van der Waals surface area contributed by atoms with E-state index in [2.05, 4.69) is 31.2 Å². The first kappa shape index (κ1) is 22.5. The zero-order chi connectivity index (χ0) is 22.6. The second kappa shape index (κ2) is 9.33. The summed E-state index contributed by atoms with van der Waals surface area (Å²) in [5.74, 6) is 0.277. The van der Waals surface area contributed by atoms with E-state index in [9.17, 15) is 9.18 Å². The number of ether oxygens (including phenoxy) is 1. The van der Waals surface area contributed by atoms with Crippen LogP contribution in [-0.2, 0) is 18.5 Å². The molecular weight excluding hydrogens is 393 g/mol. The molecule has 0 unspecified atom stereocenters. The summed E-state index contributed by atoms with van der Waals surface area (Å²) < 4.78 is 20.7. The lowest BCUT2D eigenvalue weighted by molar-refractivity contribution is 0.0940. The zero-order valence-corrected chi connectivity index (χ0v) is 18.8. The quantitative estimate of drug-likeness (QED) is 0.576. The van der Waals surface area contributed by atoms with Crippen LogP contribution in [0.25, 0.3) is 0 Å². The number of hydrogen-bond donors (Lipinski definition) is 1. The third-order valence-electron chi connectivity index (χ3n) is 4.75. The molecule has 0 radical (unpaired) electrons. The topological polar surface area (TPSA) is 56.1 Å². The van der Waals surface area contributed by atoms with Gasteiger partial charge in [-0.05, 0) is 55.3 Å². The summed E-state index contributed by atoms with van der Waals surface area (Å²) in [6.07, 6.45) is 0.0847. The Balaban J connectivity index is 1.79. The number of carbonyl (C=O) groups excluding carboxylic acids is 1. The van der Waals surface area contributed by atoms with Gasteiger partial charge in [-0.25, -0.2) is 4.39 Å². The van der Waals surface area contributed by atoms with Crippen LogP contribution in [0, 0.1) is 5.82 Å². The van der Waals surface area contributed by atoms with Gasteiger partial charge in [-0.1, -0.05) is 45.0 Å². The molecule has 0 bridgehead atoms. The van der Waals surface area contributed by atoms with Crippen LogP contribution in [0.5, 0.6) is 5.75 Å². The first-order valence-corrected chi connectivity index (χ1v) is 10.5. The van der Waals surface area contributed by atoms with Gasteiger partial charge in [0.05, 0.1) is 18.3 Å². The number of benzene rings is 2. The number of halogens is 1. The molecule has 1 heterocycles. The van der Waals surface area contributed by atoms with Crippen LogP contribution in [0.3, 0.4) is 0 Å². The van der Waals surface area contributed by atoms with Gasteiger partial charge in [0.25, 0.3) is 5.91 Å². The highest BCUT2D eigenvalue weighted by molar-refractivity contribution is 5.92. The Hall–Kier alpha value is -3.15. The summed E-state index contributed by atoms with van der Waals surface area (Å²) in [7, 11) is 0. The number of hydrogen-bond acceptors (Lipinski definition) is 3. The van der Waals surface area contributed by atoms with Gasteiger partial charge in [-0.15, -0.1) is 0 Å². The van der Waals surface area contributed by atoms with Crippen LogP contribution in [0.2, 0.25) is 0 Å². The SMILES string of the molecule is CC(C)Oc1cccc(CNC(=O)c2cc(C(C)(C)C)nn2Cc2ccc(F)cc2)c1. The van der Waals surface area contributed by atoms with E-state index in [1.807, 2.05) is 44.2 Å². The fourth-order valence-corrected chi connectivity index (χ4v) is 3.12. The molecule has 0 atom stereocenters. The minimum absolute atomic E-state index is 0.0847. The molecular formula is C25H30FN3O2. The van der Waals surface area contributed by atoms with Crippen molar-refractivity contribution in [1.82, 2.24) is 15.1 Å². The van der Waals surface area contributed by atoms with E-state index < -0.39 is 0 Å². The largest absolute Gasteiger partial charge is 0.491 e. The number of nitrogens with one attached hydrogen (secondary N) is 1. The normalized spacial score (nSPS) is 11.6. The standard InChI is InChI=1S/C25H30FN3O2/c1-17(2)31-21-8-6-7-19(13-21)15-27-24(30)22-14-23(25(3,4)5)28-29(22)16-18-9-11-20(26)12-10-18/h6-14,17H,15-16H2,1-5H3,(H,27,30). The zero-order valence-electron chi connectivity index (χ0n) is 18.8. The lowest BCUT2D eigenvalue weighted by Crippen LogP contribution is -2.26. The molecule has 1 N–H and O–H groups in total. The first-order valence-electron chi connectivity index (χ1n) is 10.5. The number of nitrogens with zero attached hydrogens (tertiary/aromatic N) is 2. The van der Waals surface area contributed by atoms with E-state index >= 15 is 0 Å². The lowest BCUT2D eigenvalue weighted by atomic mass is 9.92. The third-order valence-corrected chi connectivity index (χ3v) is 4.75. The van der Waals surface area contributed by atoms with Crippen molar-refractivity contribution in [2.75, 3.05) is 0 Å². The first-order chi connectivity index (χ1) is 14.6. The van der Waals surface area contributed by atoms with Crippen LogP contribution >= 0.6 is 0 Å². The molecule has 1 amide bonds. The molecule has 5 nitrogen and oxygen atoms in total. The lowest BCUT2D eigenvalue weighted by Gasteiger charge is -2.14. The van der Waals surface area contributed by atoms with Crippen molar-refractivity contribution in [3.8, 4) is 5.75 Å². The van der Waals surface area contributed by atoms with E-state index in [0.717, 1.165) is 22.6 Å². The Morgan fingerprint density at radius 1 is 1.10 bits per heavy atom. The van der Waals surface area contributed by atoms with Crippen molar-refractivity contribution in [1.29, 1.82) is 0 Å². The highest BCUT2D eigenvalue weighted by atomic mass is 19.1. The summed E-state index contributed by atoms with van der Waals surface area (Å²) in [5.41, 5.74) is 2.92. The Kier molecular flexibility index (Phi) is 6.78. The van der Waals surface area contributed by atoms with Gasteiger partial charge in [0.15, 0.2) is 0 Å². The number of aromatic nitrogens is 2. The maximum absolute atomic E-state index is 13.3. The minimum Gasteiger partial charge on any atom is -0.491 e. The average molecular weight is 424 g/mol. The van der Waals surface area contributed by atoms with E-state index in [4.69, 9.17) is 4.74 Å². The predicted octanol–water partition coefficient (Wildman–Crippen LogP) is 5.09. The minimum atomic E-state index is -0.291. The van der Waals surface area contributed by atoms with Crippen molar-refractivity contribution >= 4 is 5.91 Å². The van der Waals surface area contributed by atoms with E-state index in [0.29, 0.717) is 18.8 Å². The molecule has 2 aromatic carbocycles. The van der Waals surface area contributed by atoms with Gasteiger partial charge in [0, 0.05) is 12.0 Å². The van der Waals surface area contributed by atoms with Gasteiger partial charge in [-0.2, -0.15) is 5.10 Å². The highest BCUT2D eigenvalue weighted by Crippen LogP contribution is 2.23. The van der Waals surface area contributed by atoms with E-state index in [1.54, 1.807) is 16.8 Å². The summed E-state index contributed by atoms with van der Waals surface area (Å²) in [4.78, 5) is 13.0. The van der Waals surface area contributed by atoms with Gasteiger partial charge in [-0.3, -0.25) is 9.48 Å². The molecule has 0 fully saturated rings. The predicted molar refractivity (Wildman–Crippen MR) is 120 cm³/mol. The summed E-state index contributed by atoms with van der Waals surface area (Å²) in [6.45, 7) is 10.9. The van der Waals surface area contributed by atoms with E-state index in [-0.39, 0.29) is 23.2 Å². The van der Waals surface area contributed by atoms with Crippen LogP contribution in [0.1, 0.15) is 61.9 Å². The van der Waals surface area contributed by atoms with Crippen LogP contribution in [-0.4, -0.2) is 21.8 Å². The van der Waals surface area contributed by atoms with Crippen LogP contribution in [0.4, 0.5) is 4.39 Å². The average Bonchev–Trinajstić information content (AvgIpc) is 3.12. The molecule has 3 rings (SSSR count). The Morgan fingerprint density at radius 2 is 1.81 bits per heavy atom. The molecule has 6 heteroatoms. The van der Waals surface area contributed by atoms with Crippen molar-refractivity contribution in [2.24, 2.45) is 0 Å². The maximum Gasteiger partial charge on any atom is 0.269 e. The summed E-state index contributed by atoms with van der Waals surface area (Å²) in [6, 6.07) is 15.8.